The topological polar surface area (TPSA) is 83.9 Å². The van der Waals surface area contributed by atoms with Crippen LogP contribution in [0.3, 0.4) is 0 Å². The van der Waals surface area contributed by atoms with Crippen molar-refractivity contribution in [3.8, 4) is 0 Å². The number of pyridine rings is 1. The highest BCUT2D eigenvalue weighted by molar-refractivity contribution is 7.09. The molecule has 3 aromatic rings. The molecule has 0 aliphatic carbocycles. The summed E-state index contributed by atoms with van der Waals surface area (Å²) in [6.07, 6.45) is 10.3. The van der Waals surface area contributed by atoms with Crippen molar-refractivity contribution in [3.05, 3.63) is 64.1 Å². The first-order chi connectivity index (χ1) is 14.6. The van der Waals surface area contributed by atoms with Crippen molar-refractivity contribution in [2.45, 2.75) is 32.6 Å². The number of nitrogens with zero attached hydrogens (tertiary/aromatic N) is 5. The number of carbonyl (C=O) groups is 1. The average Bonchev–Trinajstić information content (AvgIpc) is 3.19. The van der Waals surface area contributed by atoms with Gasteiger partial charge in [-0.3, -0.25) is 9.78 Å². The second kappa shape index (κ2) is 9.13. The lowest BCUT2D eigenvalue weighted by Crippen LogP contribution is -2.37. The maximum absolute atomic E-state index is 12.5. The average molecular weight is 421 g/mol. The quantitative estimate of drug-likeness (QED) is 0.626. The third-order valence-corrected chi connectivity index (χ3v) is 5.99. The zero-order valence-corrected chi connectivity index (χ0v) is 17.9. The Labute approximate surface area is 179 Å². The first-order valence-electron chi connectivity index (χ1n) is 9.99. The number of nitrogens with one attached hydrogen (secondary N) is 1. The molecule has 4 heterocycles. The minimum Gasteiger partial charge on any atom is -0.339 e. The van der Waals surface area contributed by atoms with Gasteiger partial charge in [0.2, 0.25) is 5.91 Å². The van der Waals surface area contributed by atoms with Crippen LogP contribution in [0.1, 0.15) is 40.7 Å². The fourth-order valence-electron chi connectivity index (χ4n) is 3.56. The molecule has 1 amide bonds. The van der Waals surface area contributed by atoms with Crippen LogP contribution in [0.4, 0.5) is 11.6 Å². The van der Waals surface area contributed by atoms with Crippen LogP contribution in [-0.2, 0) is 4.79 Å². The number of piperidine rings is 1. The van der Waals surface area contributed by atoms with Crippen LogP contribution in [0.5, 0.6) is 0 Å². The van der Waals surface area contributed by atoms with Crippen molar-refractivity contribution < 1.29 is 4.79 Å². The molecule has 1 aliphatic rings. The van der Waals surface area contributed by atoms with E-state index in [9.17, 15) is 4.79 Å². The van der Waals surface area contributed by atoms with Gasteiger partial charge >= 0.3 is 0 Å². The first-order valence-corrected chi connectivity index (χ1v) is 10.9. The molecule has 1 aliphatic heterocycles. The van der Waals surface area contributed by atoms with Gasteiger partial charge in [0.15, 0.2) is 5.82 Å². The molecule has 1 saturated heterocycles. The standard InChI is InChI=1S/C22H24N6OS/c1-15-4-3-9-24-21(15)27-22-20(23-10-11-25-22)17-7-12-28(13-8-17)19(29)6-5-18-14-30-16(2)26-18/h3-6,9-11,14,17H,7-8,12-13H2,1-2H3,(H,24,25,27). The molecule has 0 unspecified atom stereocenters. The van der Waals surface area contributed by atoms with Crippen molar-refractivity contribution in [1.82, 2.24) is 24.8 Å². The molecule has 30 heavy (non-hydrogen) atoms. The molecular formula is C22H24N6OS. The van der Waals surface area contributed by atoms with Crippen LogP contribution in [0.15, 0.2) is 42.2 Å². The van der Waals surface area contributed by atoms with E-state index >= 15 is 0 Å². The van der Waals surface area contributed by atoms with Crippen LogP contribution in [-0.4, -0.2) is 43.8 Å². The lowest BCUT2D eigenvalue weighted by Gasteiger charge is -2.31. The summed E-state index contributed by atoms with van der Waals surface area (Å²) in [7, 11) is 0. The number of likely N-dealkylation sites (tertiary alicyclic amines) is 1. The minimum absolute atomic E-state index is 0.0284. The molecule has 0 bridgehead atoms. The summed E-state index contributed by atoms with van der Waals surface area (Å²) in [5.41, 5.74) is 2.82. The van der Waals surface area contributed by atoms with Gasteiger partial charge in [0.1, 0.15) is 5.82 Å². The Kier molecular flexibility index (Phi) is 6.13. The van der Waals surface area contributed by atoms with Gasteiger partial charge in [-0.1, -0.05) is 6.07 Å². The van der Waals surface area contributed by atoms with Crippen molar-refractivity contribution >= 4 is 35.0 Å². The summed E-state index contributed by atoms with van der Waals surface area (Å²) >= 11 is 1.58. The number of hydrogen-bond acceptors (Lipinski definition) is 7. The smallest absolute Gasteiger partial charge is 0.246 e. The van der Waals surface area contributed by atoms with E-state index < -0.39 is 0 Å². The zero-order chi connectivity index (χ0) is 20.9. The third kappa shape index (κ3) is 4.71. The van der Waals surface area contributed by atoms with E-state index in [4.69, 9.17) is 0 Å². The van der Waals surface area contributed by atoms with E-state index in [0.29, 0.717) is 13.1 Å². The number of amides is 1. The van der Waals surface area contributed by atoms with Gasteiger partial charge in [-0.25, -0.2) is 15.0 Å². The SMILES string of the molecule is Cc1nc(C=CC(=O)N2CCC(c3nccnc3Nc3ncccc3C)CC2)cs1. The maximum Gasteiger partial charge on any atom is 0.246 e. The Hall–Kier alpha value is -3.13. The highest BCUT2D eigenvalue weighted by Gasteiger charge is 2.26. The maximum atomic E-state index is 12.5. The monoisotopic (exact) mass is 420 g/mol. The Bertz CT molecular complexity index is 1060. The zero-order valence-electron chi connectivity index (χ0n) is 17.1. The van der Waals surface area contributed by atoms with Gasteiger partial charge < -0.3 is 10.2 Å². The van der Waals surface area contributed by atoms with Gasteiger partial charge in [0, 0.05) is 49.1 Å². The Morgan fingerprint density at radius 3 is 2.63 bits per heavy atom. The predicted molar refractivity (Wildman–Crippen MR) is 119 cm³/mol. The lowest BCUT2D eigenvalue weighted by molar-refractivity contribution is -0.126. The summed E-state index contributed by atoms with van der Waals surface area (Å²) in [4.78, 5) is 32.3. The van der Waals surface area contributed by atoms with Gasteiger partial charge in [-0.2, -0.15) is 0 Å². The van der Waals surface area contributed by atoms with Crippen LogP contribution >= 0.6 is 11.3 Å². The molecule has 1 N–H and O–H groups in total. The highest BCUT2D eigenvalue weighted by atomic mass is 32.1. The summed E-state index contributed by atoms with van der Waals surface area (Å²) in [5, 5.41) is 6.28. The van der Waals surface area contributed by atoms with Crippen molar-refractivity contribution in [3.63, 3.8) is 0 Å². The largest absolute Gasteiger partial charge is 0.339 e. The molecule has 3 aromatic heterocycles. The second-order valence-corrected chi connectivity index (χ2v) is 8.37. The van der Waals surface area contributed by atoms with Crippen LogP contribution in [0.25, 0.3) is 6.08 Å². The molecule has 0 aromatic carbocycles. The van der Waals surface area contributed by atoms with E-state index in [1.807, 2.05) is 36.3 Å². The Balaban J connectivity index is 1.40. The summed E-state index contributed by atoms with van der Waals surface area (Å²) < 4.78 is 0. The van der Waals surface area contributed by atoms with Crippen LogP contribution < -0.4 is 5.32 Å². The molecule has 0 atom stereocenters. The van der Waals surface area contributed by atoms with E-state index in [1.54, 1.807) is 42.1 Å². The fraction of sp³-hybridized carbons (Fsp3) is 0.318. The van der Waals surface area contributed by atoms with Gasteiger partial charge in [-0.15, -0.1) is 11.3 Å². The molecule has 0 saturated carbocycles. The van der Waals surface area contributed by atoms with Gasteiger partial charge in [-0.05, 0) is 44.4 Å². The van der Waals surface area contributed by atoms with Crippen molar-refractivity contribution in [1.29, 1.82) is 0 Å². The number of rotatable bonds is 5. The molecule has 0 radical (unpaired) electrons. The third-order valence-electron chi connectivity index (χ3n) is 5.20. The second-order valence-electron chi connectivity index (χ2n) is 7.31. The van der Waals surface area contributed by atoms with Crippen LogP contribution in [0.2, 0.25) is 0 Å². The number of aromatic nitrogens is 4. The molecule has 154 valence electrons. The lowest BCUT2D eigenvalue weighted by atomic mass is 9.93. The molecule has 4 rings (SSSR count). The van der Waals surface area contributed by atoms with Crippen LogP contribution in [0, 0.1) is 13.8 Å². The van der Waals surface area contributed by atoms with Crippen molar-refractivity contribution in [2.24, 2.45) is 0 Å². The Morgan fingerprint density at radius 1 is 1.13 bits per heavy atom. The number of thiazole rings is 1. The van der Waals surface area contributed by atoms with E-state index in [2.05, 4.69) is 25.3 Å². The molecule has 0 spiro atoms. The van der Waals surface area contributed by atoms with E-state index in [0.717, 1.165) is 46.4 Å². The van der Waals surface area contributed by atoms with E-state index in [1.165, 1.54) is 0 Å². The first kappa shape index (κ1) is 20.2. The number of hydrogen-bond donors (Lipinski definition) is 1. The van der Waals surface area contributed by atoms with Gasteiger partial charge in [0.25, 0.3) is 0 Å². The predicted octanol–water partition coefficient (Wildman–Crippen LogP) is 4.11. The van der Waals surface area contributed by atoms with Gasteiger partial charge in [0.05, 0.1) is 16.4 Å². The minimum atomic E-state index is 0.0284. The Morgan fingerprint density at radius 2 is 1.90 bits per heavy atom. The normalized spacial score (nSPS) is 14.9. The summed E-state index contributed by atoms with van der Waals surface area (Å²) in [6.45, 7) is 5.36. The molecule has 8 heteroatoms. The summed E-state index contributed by atoms with van der Waals surface area (Å²) in [6, 6.07) is 3.92. The van der Waals surface area contributed by atoms with Crippen molar-refractivity contribution in [2.75, 3.05) is 18.4 Å². The molecule has 1 fully saturated rings. The molecular weight excluding hydrogens is 396 g/mol. The summed E-state index contributed by atoms with van der Waals surface area (Å²) in [5.74, 6) is 1.80. The fourth-order valence-corrected chi connectivity index (χ4v) is 4.15. The molecule has 7 nitrogen and oxygen atoms in total. The van der Waals surface area contributed by atoms with E-state index in [-0.39, 0.29) is 11.8 Å². The number of anilines is 2. The number of carbonyl (C=O) groups excluding carboxylic acids is 1. The number of aryl methyl sites for hydroxylation is 2. The highest BCUT2D eigenvalue weighted by Crippen LogP contribution is 2.31.